The smallest absolute Gasteiger partial charge is 0.324 e. The maximum atomic E-state index is 13.2. The molecule has 2 aromatic carbocycles. The standard InChI is InChI=1S/C27H32N8O/c1-18(2)16-35(17-19(3)4)22-14-13-21(20-10-6-5-7-11-20)24(26-31-33-34-32-26)25(22)30-27(36)29-23-12-8-9-15-28-23/h5-15,18-19H,16-17H2,1-4H3,(H2,28,29,30,36)(H,31,32,33,34). The minimum absolute atomic E-state index is 0.401. The Kier molecular flexibility index (Phi) is 7.89. The quantitative estimate of drug-likeness (QED) is 0.281. The topological polar surface area (TPSA) is 112 Å². The SMILES string of the molecule is CC(C)CN(CC(C)C)c1ccc(-c2ccccc2)c(-c2nn[nH]n2)c1NC(=O)Nc1ccccn1. The van der Waals surface area contributed by atoms with Crippen LogP contribution in [0.15, 0.2) is 66.9 Å². The largest absolute Gasteiger partial charge is 0.369 e. The lowest BCUT2D eigenvalue weighted by Crippen LogP contribution is -2.33. The zero-order valence-corrected chi connectivity index (χ0v) is 21.1. The Morgan fingerprint density at radius 2 is 1.64 bits per heavy atom. The number of tetrazole rings is 1. The number of aromatic nitrogens is 5. The lowest BCUT2D eigenvalue weighted by molar-refractivity contribution is 0.262. The molecule has 3 N–H and O–H groups in total. The second-order valence-electron chi connectivity index (χ2n) is 9.47. The second kappa shape index (κ2) is 11.4. The molecule has 0 unspecified atom stereocenters. The Morgan fingerprint density at radius 1 is 0.917 bits per heavy atom. The van der Waals surface area contributed by atoms with Crippen molar-refractivity contribution in [2.45, 2.75) is 27.7 Å². The highest BCUT2D eigenvalue weighted by Gasteiger charge is 2.25. The molecule has 0 spiro atoms. The van der Waals surface area contributed by atoms with E-state index >= 15 is 0 Å². The van der Waals surface area contributed by atoms with Crippen LogP contribution in [0.5, 0.6) is 0 Å². The van der Waals surface area contributed by atoms with Crippen LogP contribution < -0.4 is 15.5 Å². The highest BCUT2D eigenvalue weighted by atomic mass is 16.2. The van der Waals surface area contributed by atoms with Crippen LogP contribution in [0.4, 0.5) is 22.0 Å². The molecule has 4 rings (SSSR count). The number of hydrogen-bond acceptors (Lipinski definition) is 6. The zero-order chi connectivity index (χ0) is 25.5. The summed E-state index contributed by atoms with van der Waals surface area (Å²) in [6.07, 6.45) is 1.63. The van der Waals surface area contributed by atoms with Crippen molar-refractivity contribution in [3.05, 3.63) is 66.9 Å². The number of amides is 2. The predicted octanol–water partition coefficient (Wildman–Crippen LogP) is 5.69. The van der Waals surface area contributed by atoms with Gasteiger partial charge in [-0.25, -0.2) is 9.78 Å². The fourth-order valence-electron chi connectivity index (χ4n) is 4.19. The summed E-state index contributed by atoms with van der Waals surface area (Å²) in [4.78, 5) is 19.7. The van der Waals surface area contributed by atoms with Gasteiger partial charge in [0, 0.05) is 19.3 Å². The normalized spacial score (nSPS) is 11.1. The maximum Gasteiger partial charge on any atom is 0.324 e. The Morgan fingerprint density at radius 3 is 2.25 bits per heavy atom. The van der Waals surface area contributed by atoms with Gasteiger partial charge in [-0.1, -0.05) is 70.2 Å². The lowest BCUT2D eigenvalue weighted by atomic mass is 9.95. The zero-order valence-electron chi connectivity index (χ0n) is 21.1. The average molecular weight is 485 g/mol. The van der Waals surface area contributed by atoms with Gasteiger partial charge in [-0.3, -0.25) is 5.32 Å². The number of carbonyl (C=O) groups is 1. The third kappa shape index (κ3) is 6.04. The van der Waals surface area contributed by atoms with Crippen molar-refractivity contribution in [3.8, 4) is 22.5 Å². The minimum atomic E-state index is -0.404. The van der Waals surface area contributed by atoms with E-state index in [0.717, 1.165) is 29.9 Å². The highest BCUT2D eigenvalue weighted by Crippen LogP contribution is 2.42. The monoisotopic (exact) mass is 484 g/mol. The summed E-state index contributed by atoms with van der Waals surface area (Å²) in [5, 5.41) is 20.9. The fraction of sp³-hybridized carbons (Fsp3) is 0.296. The Hall–Kier alpha value is -4.27. The first-order chi connectivity index (χ1) is 17.4. The van der Waals surface area contributed by atoms with Gasteiger partial charge in [-0.2, -0.15) is 5.21 Å². The number of H-pyrrole nitrogens is 1. The van der Waals surface area contributed by atoms with Crippen molar-refractivity contribution in [2.75, 3.05) is 28.6 Å². The van der Waals surface area contributed by atoms with Gasteiger partial charge in [-0.05, 0) is 46.4 Å². The Bertz CT molecular complexity index is 1250. The number of aromatic amines is 1. The molecule has 186 valence electrons. The van der Waals surface area contributed by atoms with Gasteiger partial charge >= 0.3 is 6.03 Å². The van der Waals surface area contributed by atoms with Gasteiger partial charge in [0.15, 0.2) is 0 Å². The second-order valence-corrected chi connectivity index (χ2v) is 9.47. The van der Waals surface area contributed by atoms with Crippen molar-refractivity contribution in [3.63, 3.8) is 0 Å². The molecule has 2 amide bonds. The number of benzene rings is 2. The fourth-order valence-corrected chi connectivity index (χ4v) is 4.19. The van der Waals surface area contributed by atoms with E-state index in [0.29, 0.717) is 34.7 Å². The van der Waals surface area contributed by atoms with Gasteiger partial charge in [0.25, 0.3) is 0 Å². The van der Waals surface area contributed by atoms with Gasteiger partial charge in [0.05, 0.1) is 16.9 Å². The molecule has 0 radical (unpaired) electrons. The summed E-state index contributed by atoms with van der Waals surface area (Å²) < 4.78 is 0. The molecular weight excluding hydrogens is 452 g/mol. The number of urea groups is 1. The summed E-state index contributed by atoms with van der Waals surface area (Å²) in [7, 11) is 0. The van der Waals surface area contributed by atoms with E-state index in [1.807, 2.05) is 36.4 Å². The summed E-state index contributed by atoms with van der Waals surface area (Å²) >= 11 is 0. The van der Waals surface area contributed by atoms with Gasteiger partial charge in [-0.15, -0.1) is 10.2 Å². The molecular formula is C27H32N8O. The third-order valence-corrected chi connectivity index (χ3v) is 5.49. The van der Waals surface area contributed by atoms with Gasteiger partial charge in [0.2, 0.25) is 5.82 Å². The number of rotatable bonds is 9. The van der Waals surface area contributed by atoms with Crippen LogP contribution in [0.2, 0.25) is 0 Å². The molecule has 9 heteroatoms. The first kappa shape index (κ1) is 24.8. The minimum Gasteiger partial charge on any atom is -0.369 e. The van der Waals surface area contributed by atoms with E-state index in [2.05, 4.69) is 81.0 Å². The molecule has 2 heterocycles. The number of carbonyl (C=O) groups excluding carboxylic acids is 1. The van der Waals surface area contributed by atoms with Crippen LogP contribution in [0, 0.1) is 11.8 Å². The summed E-state index contributed by atoms with van der Waals surface area (Å²) in [6.45, 7) is 10.4. The molecule has 0 aliphatic heterocycles. The van der Waals surface area contributed by atoms with Crippen LogP contribution in [0.25, 0.3) is 22.5 Å². The maximum absolute atomic E-state index is 13.2. The van der Waals surface area contributed by atoms with Gasteiger partial charge < -0.3 is 10.2 Å². The van der Waals surface area contributed by atoms with E-state index in [4.69, 9.17) is 0 Å². The highest BCUT2D eigenvalue weighted by molar-refractivity contribution is 6.07. The molecule has 2 aromatic heterocycles. The molecule has 0 saturated heterocycles. The van der Waals surface area contributed by atoms with Crippen LogP contribution in [-0.2, 0) is 0 Å². The van der Waals surface area contributed by atoms with Crippen LogP contribution in [0.3, 0.4) is 0 Å². The molecule has 4 aromatic rings. The lowest BCUT2D eigenvalue weighted by Gasteiger charge is -2.31. The van der Waals surface area contributed by atoms with E-state index in [9.17, 15) is 4.79 Å². The van der Waals surface area contributed by atoms with Crippen LogP contribution in [-0.4, -0.2) is 44.7 Å². The first-order valence-electron chi connectivity index (χ1n) is 12.1. The number of hydrogen-bond donors (Lipinski definition) is 3. The van der Waals surface area contributed by atoms with Crippen LogP contribution >= 0.6 is 0 Å². The molecule has 0 saturated carbocycles. The number of anilines is 3. The summed E-state index contributed by atoms with van der Waals surface area (Å²) in [6, 6.07) is 19.1. The molecule has 0 bridgehead atoms. The number of nitrogens with one attached hydrogen (secondary N) is 3. The number of nitrogens with zero attached hydrogens (tertiary/aromatic N) is 5. The van der Waals surface area contributed by atoms with Crippen molar-refractivity contribution in [1.29, 1.82) is 0 Å². The van der Waals surface area contributed by atoms with Gasteiger partial charge in [0.1, 0.15) is 5.82 Å². The van der Waals surface area contributed by atoms with Crippen molar-refractivity contribution in [2.24, 2.45) is 11.8 Å². The molecule has 0 aliphatic rings. The first-order valence-corrected chi connectivity index (χ1v) is 12.1. The summed E-state index contributed by atoms with van der Waals surface area (Å²) in [5.74, 6) is 1.69. The third-order valence-electron chi connectivity index (χ3n) is 5.49. The Balaban J connectivity index is 1.89. The molecule has 0 atom stereocenters. The molecule has 36 heavy (non-hydrogen) atoms. The predicted molar refractivity (Wildman–Crippen MR) is 144 cm³/mol. The van der Waals surface area contributed by atoms with E-state index < -0.39 is 6.03 Å². The van der Waals surface area contributed by atoms with Crippen molar-refractivity contribution < 1.29 is 4.79 Å². The van der Waals surface area contributed by atoms with Crippen LogP contribution in [0.1, 0.15) is 27.7 Å². The summed E-state index contributed by atoms with van der Waals surface area (Å²) in [5.41, 5.74) is 4.08. The van der Waals surface area contributed by atoms with Crippen molar-refractivity contribution in [1.82, 2.24) is 25.6 Å². The van der Waals surface area contributed by atoms with E-state index in [1.165, 1.54) is 0 Å². The molecule has 0 aliphatic carbocycles. The number of pyridine rings is 1. The van der Waals surface area contributed by atoms with E-state index in [-0.39, 0.29) is 0 Å². The van der Waals surface area contributed by atoms with E-state index in [1.54, 1.807) is 18.3 Å². The van der Waals surface area contributed by atoms with Crippen molar-refractivity contribution >= 4 is 23.2 Å². The molecule has 0 fully saturated rings. The molecule has 9 nitrogen and oxygen atoms in total. The average Bonchev–Trinajstić information content (AvgIpc) is 3.38. The Labute approximate surface area is 211 Å².